The van der Waals surface area contributed by atoms with Gasteiger partial charge < -0.3 is 10.3 Å². The van der Waals surface area contributed by atoms with Gasteiger partial charge in [0.25, 0.3) is 0 Å². The Morgan fingerprint density at radius 1 is 1.48 bits per heavy atom. The van der Waals surface area contributed by atoms with Crippen LogP contribution >= 0.6 is 11.8 Å². The number of fused-ring (bicyclic) bond motifs is 1. The summed E-state index contributed by atoms with van der Waals surface area (Å²) in [6, 6.07) is 10.2. The number of aromatic amines is 1. The van der Waals surface area contributed by atoms with Gasteiger partial charge in [0.1, 0.15) is 16.7 Å². The number of aromatic nitrogens is 2. The van der Waals surface area contributed by atoms with Crippen molar-refractivity contribution >= 4 is 17.7 Å². The van der Waals surface area contributed by atoms with Gasteiger partial charge in [-0.1, -0.05) is 36.0 Å². The van der Waals surface area contributed by atoms with Gasteiger partial charge >= 0.3 is 5.69 Å². The van der Waals surface area contributed by atoms with Crippen molar-refractivity contribution in [1.29, 1.82) is 5.26 Å². The molecule has 0 fully saturated rings. The number of amides is 1. The molecular weight excluding hydrogens is 336 g/mol. The molecule has 0 aliphatic heterocycles. The van der Waals surface area contributed by atoms with Crippen molar-refractivity contribution in [2.45, 2.75) is 37.3 Å². The largest absolute Gasteiger partial charge is 0.349 e. The Morgan fingerprint density at radius 2 is 2.28 bits per heavy atom. The van der Waals surface area contributed by atoms with Crippen LogP contribution in [0.3, 0.4) is 0 Å². The van der Waals surface area contributed by atoms with Crippen molar-refractivity contribution in [3.8, 4) is 6.07 Å². The fourth-order valence-corrected chi connectivity index (χ4v) is 3.91. The first-order valence-electron chi connectivity index (χ1n) is 8.09. The van der Waals surface area contributed by atoms with Crippen LogP contribution < -0.4 is 11.0 Å². The Kier molecular flexibility index (Phi) is 5.19. The number of aryl methyl sites for hydroxylation is 2. The van der Waals surface area contributed by atoms with Crippen LogP contribution in [0, 0.1) is 18.3 Å². The second kappa shape index (κ2) is 7.53. The molecule has 1 atom stereocenters. The maximum Gasteiger partial charge on any atom is 0.346 e. The highest BCUT2D eigenvalue weighted by molar-refractivity contribution is 8.00. The van der Waals surface area contributed by atoms with Crippen LogP contribution in [0.2, 0.25) is 0 Å². The van der Waals surface area contributed by atoms with Crippen molar-refractivity contribution in [1.82, 2.24) is 15.3 Å². The minimum absolute atomic E-state index is 0.0161. The standard InChI is InChI=1S/C18H18N4O2S/c1-11-14(9-19)17(22-18(24)20-11)25-10-16(23)21-15-8-4-6-12-5-2-3-7-13(12)15/h2-3,5,7,15H,4,6,8,10H2,1H3,(H,21,23)(H,20,22,24)/t15-/m1/s1. The zero-order chi connectivity index (χ0) is 17.8. The number of hydrogen-bond acceptors (Lipinski definition) is 5. The lowest BCUT2D eigenvalue weighted by Gasteiger charge is -2.26. The average Bonchev–Trinajstić information content (AvgIpc) is 2.60. The van der Waals surface area contributed by atoms with Crippen LogP contribution in [0.1, 0.15) is 41.3 Å². The van der Waals surface area contributed by atoms with Gasteiger partial charge in [-0.05, 0) is 37.3 Å². The number of nitrogens with zero attached hydrogens (tertiary/aromatic N) is 2. The van der Waals surface area contributed by atoms with Crippen molar-refractivity contribution in [2.24, 2.45) is 0 Å². The fraction of sp³-hybridized carbons (Fsp3) is 0.333. The third-order valence-electron chi connectivity index (χ3n) is 4.24. The number of rotatable bonds is 4. The summed E-state index contributed by atoms with van der Waals surface area (Å²) in [6.45, 7) is 1.64. The molecule has 1 aliphatic carbocycles. The number of hydrogen-bond donors (Lipinski definition) is 2. The molecule has 6 nitrogen and oxygen atoms in total. The van der Waals surface area contributed by atoms with Gasteiger partial charge in [0.15, 0.2) is 0 Å². The van der Waals surface area contributed by atoms with E-state index in [2.05, 4.69) is 27.4 Å². The van der Waals surface area contributed by atoms with Gasteiger partial charge in [-0.15, -0.1) is 0 Å². The second-order valence-corrected chi connectivity index (χ2v) is 6.92. The first-order chi connectivity index (χ1) is 12.1. The number of benzene rings is 1. The molecule has 0 saturated heterocycles. The van der Waals surface area contributed by atoms with Gasteiger partial charge in [0.05, 0.1) is 11.8 Å². The van der Waals surface area contributed by atoms with Crippen LogP contribution in [-0.4, -0.2) is 21.6 Å². The lowest BCUT2D eigenvalue weighted by molar-refractivity contribution is -0.119. The van der Waals surface area contributed by atoms with Crippen molar-refractivity contribution in [3.05, 3.63) is 57.1 Å². The normalized spacial score (nSPS) is 15.9. The predicted octanol–water partition coefficient (Wildman–Crippen LogP) is 2.24. The Balaban J connectivity index is 1.67. The van der Waals surface area contributed by atoms with E-state index in [0.29, 0.717) is 16.3 Å². The lowest BCUT2D eigenvalue weighted by Crippen LogP contribution is -2.32. The molecule has 0 bridgehead atoms. The summed E-state index contributed by atoms with van der Waals surface area (Å²) in [6.07, 6.45) is 3.00. The highest BCUT2D eigenvalue weighted by Crippen LogP contribution is 2.29. The number of thioether (sulfide) groups is 1. The maximum atomic E-state index is 12.3. The molecule has 2 aromatic rings. The minimum Gasteiger partial charge on any atom is -0.349 e. The lowest BCUT2D eigenvalue weighted by atomic mass is 9.88. The van der Waals surface area contributed by atoms with E-state index in [-0.39, 0.29) is 17.7 Å². The number of H-pyrrole nitrogens is 1. The molecule has 1 heterocycles. The van der Waals surface area contributed by atoms with E-state index in [4.69, 9.17) is 0 Å². The van der Waals surface area contributed by atoms with Crippen molar-refractivity contribution < 1.29 is 4.79 Å². The zero-order valence-electron chi connectivity index (χ0n) is 13.8. The third-order valence-corrected chi connectivity index (χ3v) is 5.22. The SMILES string of the molecule is Cc1[nH]c(=O)nc(SCC(=O)N[C@@H]2CCCc3ccccc32)c1C#N. The molecule has 7 heteroatoms. The van der Waals surface area contributed by atoms with Gasteiger partial charge in [-0.25, -0.2) is 4.79 Å². The Morgan fingerprint density at radius 3 is 3.08 bits per heavy atom. The molecule has 2 N–H and O–H groups in total. The quantitative estimate of drug-likeness (QED) is 0.648. The third kappa shape index (κ3) is 3.91. The Bertz CT molecular complexity index is 901. The average molecular weight is 354 g/mol. The number of carbonyl (C=O) groups is 1. The summed E-state index contributed by atoms with van der Waals surface area (Å²) in [5, 5.41) is 12.5. The van der Waals surface area contributed by atoms with E-state index in [0.717, 1.165) is 31.0 Å². The molecular formula is C18H18N4O2S. The topological polar surface area (TPSA) is 98.6 Å². The van der Waals surface area contributed by atoms with E-state index in [1.165, 1.54) is 11.1 Å². The molecule has 0 radical (unpaired) electrons. The molecule has 128 valence electrons. The van der Waals surface area contributed by atoms with Crippen molar-refractivity contribution in [2.75, 3.05) is 5.75 Å². The predicted molar refractivity (Wildman–Crippen MR) is 95.3 cm³/mol. The molecule has 1 amide bonds. The molecule has 25 heavy (non-hydrogen) atoms. The van der Waals surface area contributed by atoms with Crippen LogP contribution in [0.5, 0.6) is 0 Å². The second-order valence-electron chi connectivity index (χ2n) is 5.96. The highest BCUT2D eigenvalue weighted by Gasteiger charge is 2.21. The molecule has 0 spiro atoms. The Labute approximate surface area is 149 Å². The molecule has 0 unspecified atom stereocenters. The zero-order valence-corrected chi connectivity index (χ0v) is 14.7. The summed E-state index contributed by atoms with van der Waals surface area (Å²) in [5.41, 5.74) is 2.72. The van der Waals surface area contributed by atoms with Gasteiger partial charge in [-0.3, -0.25) is 4.79 Å². The van der Waals surface area contributed by atoms with Crippen LogP contribution in [0.4, 0.5) is 0 Å². The van der Waals surface area contributed by atoms with Crippen molar-refractivity contribution in [3.63, 3.8) is 0 Å². The molecule has 0 saturated carbocycles. The van der Waals surface area contributed by atoms with E-state index in [9.17, 15) is 14.9 Å². The molecule has 1 aromatic heterocycles. The monoisotopic (exact) mass is 354 g/mol. The van der Waals surface area contributed by atoms with Gasteiger partial charge in [0, 0.05) is 5.69 Å². The van der Waals surface area contributed by atoms with Crippen LogP contribution in [0.25, 0.3) is 0 Å². The molecule has 1 aliphatic rings. The summed E-state index contributed by atoms with van der Waals surface area (Å²) in [4.78, 5) is 30.1. The van der Waals surface area contributed by atoms with Crippen LogP contribution in [-0.2, 0) is 11.2 Å². The number of nitriles is 1. The Hall–Kier alpha value is -2.59. The number of carbonyl (C=O) groups excluding carboxylic acids is 1. The summed E-state index contributed by atoms with van der Waals surface area (Å²) >= 11 is 1.11. The van der Waals surface area contributed by atoms with Gasteiger partial charge in [0.2, 0.25) is 5.91 Å². The van der Waals surface area contributed by atoms with Gasteiger partial charge in [-0.2, -0.15) is 10.2 Å². The van der Waals surface area contributed by atoms with E-state index < -0.39 is 5.69 Å². The molecule has 1 aromatic carbocycles. The first-order valence-corrected chi connectivity index (χ1v) is 9.08. The summed E-state index contributed by atoms with van der Waals surface area (Å²) in [7, 11) is 0. The van der Waals surface area contributed by atoms with E-state index in [1.54, 1.807) is 6.92 Å². The smallest absolute Gasteiger partial charge is 0.346 e. The van der Waals surface area contributed by atoms with Crippen LogP contribution in [0.15, 0.2) is 34.1 Å². The number of nitrogens with one attached hydrogen (secondary N) is 2. The fourth-order valence-electron chi connectivity index (χ4n) is 3.07. The minimum atomic E-state index is -0.513. The first kappa shape index (κ1) is 17.2. The van der Waals surface area contributed by atoms with E-state index in [1.807, 2.05) is 18.2 Å². The summed E-state index contributed by atoms with van der Waals surface area (Å²) < 4.78 is 0. The highest BCUT2D eigenvalue weighted by atomic mass is 32.2. The maximum absolute atomic E-state index is 12.3. The molecule has 3 rings (SSSR count). The summed E-state index contributed by atoms with van der Waals surface area (Å²) in [5.74, 6) is -0.0150. The van der Waals surface area contributed by atoms with E-state index >= 15 is 0 Å².